The van der Waals surface area contributed by atoms with E-state index in [9.17, 15) is 9.59 Å². The van der Waals surface area contributed by atoms with Gasteiger partial charge in [0, 0.05) is 0 Å². The van der Waals surface area contributed by atoms with Crippen LogP contribution in [0.1, 0.15) is 12.8 Å². The van der Waals surface area contributed by atoms with Crippen LogP contribution in [0, 0.1) is 0 Å². The maximum absolute atomic E-state index is 11.8. The first kappa shape index (κ1) is 18.9. The van der Waals surface area contributed by atoms with Gasteiger partial charge in [0.1, 0.15) is 0 Å². The Morgan fingerprint density at radius 3 is 1.25 bits per heavy atom. The molecular weight excluding hydrogens is 398 g/mol. The third-order valence-electron chi connectivity index (χ3n) is 2.80. The highest BCUT2D eigenvalue weighted by atomic mass is 35.5. The van der Waals surface area contributed by atoms with Crippen molar-refractivity contribution in [1.29, 1.82) is 0 Å². The number of hydrogen-bond acceptors (Lipinski definition) is 4. The van der Waals surface area contributed by atoms with Gasteiger partial charge in [-0.3, -0.25) is 9.59 Å². The largest absolute Gasteiger partial charge is 0.423 e. The molecule has 0 aromatic heterocycles. The van der Waals surface area contributed by atoms with E-state index in [1.54, 1.807) is 12.1 Å². The van der Waals surface area contributed by atoms with Gasteiger partial charge in [0.15, 0.2) is 11.5 Å². The number of carbonyl (C=O) groups is 2. The Morgan fingerprint density at radius 1 is 0.667 bits per heavy atom. The summed E-state index contributed by atoms with van der Waals surface area (Å²) in [4.78, 5) is 23.6. The zero-order valence-corrected chi connectivity index (χ0v) is 15.0. The Bertz CT molecular complexity index is 671. The summed E-state index contributed by atoms with van der Waals surface area (Å²) in [5, 5.41) is 0.783. The van der Waals surface area contributed by atoms with Crippen LogP contribution in [-0.2, 0) is 9.59 Å². The molecule has 24 heavy (non-hydrogen) atoms. The molecule has 0 saturated heterocycles. The van der Waals surface area contributed by atoms with Gasteiger partial charge < -0.3 is 9.47 Å². The topological polar surface area (TPSA) is 52.6 Å². The molecule has 0 fully saturated rings. The van der Waals surface area contributed by atoms with Crippen molar-refractivity contribution in [2.45, 2.75) is 12.8 Å². The molecule has 0 spiro atoms. The van der Waals surface area contributed by atoms with Gasteiger partial charge >= 0.3 is 11.9 Å². The maximum Gasteiger partial charge on any atom is 0.311 e. The highest BCUT2D eigenvalue weighted by molar-refractivity contribution is 6.37. The average Bonchev–Trinajstić information content (AvgIpc) is 2.53. The van der Waals surface area contributed by atoms with Crippen LogP contribution in [0.25, 0.3) is 0 Å². The Labute approximate surface area is 158 Å². The van der Waals surface area contributed by atoms with E-state index in [0.717, 1.165) is 0 Å². The molecule has 0 radical (unpaired) electrons. The molecule has 0 aliphatic rings. The highest BCUT2D eigenvalue weighted by Crippen LogP contribution is 2.33. The van der Waals surface area contributed by atoms with E-state index in [0.29, 0.717) is 0 Å². The summed E-state index contributed by atoms with van der Waals surface area (Å²) in [6.45, 7) is 0. The Hall–Kier alpha value is -1.46. The van der Waals surface area contributed by atoms with Gasteiger partial charge in [-0.05, 0) is 24.3 Å². The first-order chi connectivity index (χ1) is 11.4. The van der Waals surface area contributed by atoms with Crippen LogP contribution in [-0.4, -0.2) is 11.9 Å². The zero-order chi connectivity index (χ0) is 17.7. The van der Waals surface area contributed by atoms with Crippen molar-refractivity contribution in [2.75, 3.05) is 0 Å². The lowest BCUT2D eigenvalue weighted by atomic mass is 10.3. The first-order valence-corrected chi connectivity index (χ1v) is 8.19. The van der Waals surface area contributed by atoms with Crippen LogP contribution in [0.2, 0.25) is 20.1 Å². The second-order valence-electron chi connectivity index (χ2n) is 4.55. The van der Waals surface area contributed by atoms with Crippen molar-refractivity contribution in [3.8, 4) is 11.5 Å². The average molecular weight is 408 g/mol. The standard InChI is InChI=1S/C16H10Cl4O4/c17-9-3-1-4-10(18)15(9)23-13(21)7-8-14(22)24-16-11(19)5-2-6-12(16)20/h1-6H,7-8H2. The minimum Gasteiger partial charge on any atom is -0.423 e. The molecular formula is C16H10Cl4O4. The van der Waals surface area contributed by atoms with Crippen LogP contribution < -0.4 is 9.47 Å². The second kappa shape index (κ2) is 8.58. The lowest BCUT2D eigenvalue weighted by Gasteiger charge is -2.09. The first-order valence-electron chi connectivity index (χ1n) is 6.68. The quantitative estimate of drug-likeness (QED) is 0.478. The van der Waals surface area contributed by atoms with Crippen molar-refractivity contribution >= 4 is 58.3 Å². The molecule has 0 heterocycles. The fraction of sp³-hybridized carbons (Fsp3) is 0.125. The lowest BCUT2D eigenvalue weighted by Crippen LogP contribution is -2.14. The molecule has 0 bridgehead atoms. The molecule has 126 valence electrons. The molecule has 0 unspecified atom stereocenters. The van der Waals surface area contributed by atoms with Crippen LogP contribution in [0.5, 0.6) is 11.5 Å². The van der Waals surface area contributed by atoms with Gasteiger partial charge in [0.2, 0.25) is 0 Å². The van der Waals surface area contributed by atoms with Crippen molar-refractivity contribution in [3.05, 3.63) is 56.5 Å². The van der Waals surface area contributed by atoms with Crippen molar-refractivity contribution in [1.82, 2.24) is 0 Å². The predicted octanol–water partition coefficient (Wildman–Crippen LogP) is 5.59. The monoisotopic (exact) mass is 406 g/mol. The number of benzene rings is 2. The summed E-state index contributed by atoms with van der Waals surface area (Å²) >= 11 is 23.6. The SMILES string of the molecule is O=C(CCC(=O)Oc1c(Cl)cccc1Cl)Oc1c(Cl)cccc1Cl. The van der Waals surface area contributed by atoms with E-state index in [1.165, 1.54) is 24.3 Å². The minimum atomic E-state index is -0.674. The van der Waals surface area contributed by atoms with E-state index in [2.05, 4.69) is 0 Å². The van der Waals surface area contributed by atoms with Crippen molar-refractivity contribution in [3.63, 3.8) is 0 Å². The molecule has 0 aliphatic heterocycles. The van der Waals surface area contributed by atoms with Crippen LogP contribution in [0.3, 0.4) is 0 Å². The Balaban J connectivity index is 1.91. The number of carbonyl (C=O) groups excluding carboxylic acids is 2. The number of halogens is 4. The molecule has 8 heteroatoms. The van der Waals surface area contributed by atoms with Crippen molar-refractivity contribution in [2.24, 2.45) is 0 Å². The summed E-state index contributed by atoms with van der Waals surface area (Å²) in [5.74, 6) is -1.25. The number of rotatable bonds is 5. The highest BCUT2D eigenvalue weighted by Gasteiger charge is 2.16. The number of para-hydroxylation sites is 2. The predicted molar refractivity (Wildman–Crippen MR) is 93.4 cm³/mol. The molecule has 2 aromatic rings. The zero-order valence-electron chi connectivity index (χ0n) is 12.0. The summed E-state index contributed by atoms with van der Waals surface area (Å²) in [6, 6.07) is 9.36. The smallest absolute Gasteiger partial charge is 0.311 e. The minimum absolute atomic E-state index is 0.0494. The molecule has 4 nitrogen and oxygen atoms in total. The normalized spacial score (nSPS) is 10.3. The molecule has 2 rings (SSSR count). The summed E-state index contributed by atoms with van der Waals surface area (Å²) in [6.07, 6.45) is -0.440. The summed E-state index contributed by atoms with van der Waals surface area (Å²) in [7, 11) is 0. The molecule has 2 aromatic carbocycles. The Kier molecular flexibility index (Phi) is 6.75. The molecule has 0 aliphatic carbocycles. The van der Waals surface area contributed by atoms with Gasteiger partial charge in [0.25, 0.3) is 0 Å². The molecule has 0 amide bonds. The molecule has 0 saturated carbocycles. The number of ether oxygens (including phenoxy) is 2. The van der Waals surface area contributed by atoms with E-state index in [-0.39, 0.29) is 44.4 Å². The third kappa shape index (κ3) is 5.02. The van der Waals surface area contributed by atoms with Gasteiger partial charge in [-0.1, -0.05) is 58.5 Å². The van der Waals surface area contributed by atoms with Gasteiger partial charge in [-0.15, -0.1) is 0 Å². The summed E-state index contributed by atoms with van der Waals surface area (Å²) in [5.41, 5.74) is 0. The van der Waals surface area contributed by atoms with Gasteiger partial charge in [-0.2, -0.15) is 0 Å². The van der Waals surface area contributed by atoms with Crippen LogP contribution in [0.4, 0.5) is 0 Å². The van der Waals surface area contributed by atoms with Crippen molar-refractivity contribution < 1.29 is 19.1 Å². The van der Waals surface area contributed by atoms with E-state index >= 15 is 0 Å². The van der Waals surface area contributed by atoms with E-state index in [4.69, 9.17) is 55.9 Å². The lowest BCUT2D eigenvalue weighted by molar-refractivity contribution is -0.140. The second-order valence-corrected chi connectivity index (χ2v) is 6.18. The fourth-order valence-electron chi connectivity index (χ4n) is 1.69. The van der Waals surface area contributed by atoms with E-state index < -0.39 is 11.9 Å². The number of esters is 2. The van der Waals surface area contributed by atoms with E-state index in [1.807, 2.05) is 0 Å². The van der Waals surface area contributed by atoms with Crippen LogP contribution >= 0.6 is 46.4 Å². The van der Waals surface area contributed by atoms with Gasteiger partial charge in [0.05, 0.1) is 32.9 Å². The third-order valence-corrected chi connectivity index (χ3v) is 3.99. The summed E-state index contributed by atoms with van der Waals surface area (Å²) < 4.78 is 10.1. The molecule has 0 N–H and O–H groups in total. The number of hydrogen-bond donors (Lipinski definition) is 0. The van der Waals surface area contributed by atoms with Gasteiger partial charge in [-0.25, -0.2) is 0 Å². The molecule has 0 atom stereocenters. The fourth-order valence-corrected chi connectivity index (χ4v) is 2.64. The maximum atomic E-state index is 11.8. The van der Waals surface area contributed by atoms with Crippen LogP contribution in [0.15, 0.2) is 36.4 Å². The Morgan fingerprint density at radius 2 is 0.958 bits per heavy atom.